The van der Waals surface area contributed by atoms with Crippen molar-refractivity contribution in [1.29, 1.82) is 0 Å². The van der Waals surface area contributed by atoms with Gasteiger partial charge in [0.2, 0.25) is 5.91 Å². The molecule has 9 nitrogen and oxygen atoms in total. The number of phosphoric acid groups is 1. The normalized spacial score (nSPS) is 13.1. The van der Waals surface area contributed by atoms with Gasteiger partial charge >= 0.3 is 7.82 Å². The predicted octanol–water partition coefficient (Wildman–Crippen LogP) is 3.92. The Labute approximate surface area is 191 Å². The summed E-state index contributed by atoms with van der Waals surface area (Å²) in [4.78, 5) is 29.9. The number of phosphoric ester groups is 1. The Morgan fingerprint density at radius 3 is 1.82 bits per heavy atom. The van der Waals surface area contributed by atoms with Crippen molar-refractivity contribution in [3.8, 4) is 28.4 Å². The highest BCUT2D eigenvalue weighted by Gasteiger charge is 2.32. The topological polar surface area (TPSA) is 140 Å². The fourth-order valence-corrected chi connectivity index (χ4v) is 3.24. The molecule has 3 aromatic carbocycles. The molecule has 0 aliphatic carbocycles. The van der Waals surface area contributed by atoms with Crippen LogP contribution in [0.1, 0.15) is 6.92 Å². The van der Waals surface area contributed by atoms with E-state index in [2.05, 4.69) is 9.84 Å². The van der Waals surface area contributed by atoms with Gasteiger partial charge in [-0.15, -0.1) is 0 Å². The lowest BCUT2D eigenvalue weighted by molar-refractivity contribution is -0.121. The Bertz CT molecular complexity index is 1120. The molecule has 0 bridgehead atoms. The van der Waals surface area contributed by atoms with Crippen molar-refractivity contribution in [3.63, 3.8) is 0 Å². The van der Waals surface area contributed by atoms with Crippen LogP contribution >= 0.6 is 7.82 Å². The number of carbonyl (C=O) groups excluding carboxylic acids is 1. The molecule has 0 radical (unpaired) electrons. The summed E-state index contributed by atoms with van der Waals surface area (Å²) in [6.07, 6.45) is 0. The number of nitrogens with two attached hydrogens (primary N) is 1. The van der Waals surface area contributed by atoms with Crippen LogP contribution in [0.5, 0.6) is 17.2 Å². The minimum absolute atomic E-state index is 0.440. The fourth-order valence-electron chi connectivity index (χ4n) is 2.80. The Kier molecular flexibility index (Phi) is 7.53. The first kappa shape index (κ1) is 24.4. The van der Waals surface area contributed by atoms with E-state index in [0.29, 0.717) is 17.2 Å². The Balaban J connectivity index is 1.58. The summed E-state index contributed by atoms with van der Waals surface area (Å²) in [5.74, 6) is 1.35. The maximum atomic E-state index is 12.3. The van der Waals surface area contributed by atoms with Gasteiger partial charge in [0.25, 0.3) is 0 Å². The third-order valence-corrected chi connectivity index (χ3v) is 5.14. The molecular weight excluding hydrogens is 447 g/mol. The highest BCUT2D eigenvalue weighted by atomic mass is 31.2. The standard InChI is InChI=1S/C23H25N2O7P/c1-23(24,15-31-33(27,28)29)22(26)25-18-7-13-21(14-8-18)32-20-11-5-17(6-12-20)16-3-9-19(30-2)10-4-16/h3-14H,15,24H2,1-2H3,(H,25,26)(H2,27,28,29)/t23-/m0/s1. The van der Waals surface area contributed by atoms with E-state index in [4.69, 9.17) is 25.0 Å². The van der Waals surface area contributed by atoms with Crippen LogP contribution in [0.25, 0.3) is 11.1 Å². The molecule has 3 rings (SSSR count). The third kappa shape index (κ3) is 7.15. The van der Waals surface area contributed by atoms with Crippen molar-refractivity contribution in [1.82, 2.24) is 0 Å². The molecule has 0 aliphatic heterocycles. The van der Waals surface area contributed by atoms with E-state index in [0.717, 1.165) is 16.9 Å². The maximum Gasteiger partial charge on any atom is 0.469 e. The van der Waals surface area contributed by atoms with E-state index in [1.807, 2.05) is 48.5 Å². The van der Waals surface area contributed by atoms with Crippen LogP contribution in [0, 0.1) is 0 Å². The van der Waals surface area contributed by atoms with E-state index >= 15 is 0 Å². The number of amides is 1. The predicted molar refractivity (Wildman–Crippen MR) is 124 cm³/mol. The molecule has 0 unspecified atom stereocenters. The second-order valence-electron chi connectivity index (χ2n) is 7.51. The van der Waals surface area contributed by atoms with Gasteiger partial charge in [-0.25, -0.2) is 4.57 Å². The molecule has 174 valence electrons. The van der Waals surface area contributed by atoms with Gasteiger partial charge in [0.05, 0.1) is 13.7 Å². The smallest absolute Gasteiger partial charge is 0.469 e. The van der Waals surface area contributed by atoms with E-state index in [1.54, 1.807) is 31.4 Å². The third-order valence-electron chi connectivity index (χ3n) is 4.68. The highest BCUT2D eigenvalue weighted by Crippen LogP contribution is 2.36. The van der Waals surface area contributed by atoms with Crippen molar-refractivity contribution in [2.75, 3.05) is 19.0 Å². The molecule has 0 aromatic heterocycles. The lowest BCUT2D eigenvalue weighted by Gasteiger charge is -2.23. The number of methoxy groups -OCH3 is 1. The van der Waals surface area contributed by atoms with Crippen molar-refractivity contribution in [2.45, 2.75) is 12.5 Å². The first-order chi connectivity index (χ1) is 15.6. The zero-order valence-corrected chi connectivity index (χ0v) is 19.0. The van der Waals surface area contributed by atoms with Crippen molar-refractivity contribution >= 4 is 19.4 Å². The molecule has 0 fully saturated rings. The van der Waals surface area contributed by atoms with Gasteiger partial charge in [-0.05, 0) is 66.6 Å². The number of ether oxygens (including phenoxy) is 2. The molecule has 0 saturated carbocycles. The molecule has 0 spiro atoms. The number of carbonyl (C=O) groups is 1. The average molecular weight is 472 g/mol. The van der Waals surface area contributed by atoms with Crippen LogP contribution in [0.3, 0.4) is 0 Å². The van der Waals surface area contributed by atoms with Crippen molar-refractivity contribution < 1.29 is 33.1 Å². The Morgan fingerprint density at radius 1 is 0.909 bits per heavy atom. The van der Waals surface area contributed by atoms with Crippen LogP contribution in [0.15, 0.2) is 72.8 Å². The zero-order valence-electron chi connectivity index (χ0n) is 18.1. The second kappa shape index (κ2) is 10.2. The number of hydrogen-bond donors (Lipinski definition) is 4. The second-order valence-corrected chi connectivity index (χ2v) is 8.75. The summed E-state index contributed by atoms with van der Waals surface area (Å²) in [6.45, 7) is 0.669. The van der Waals surface area contributed by atoms with E-state index in [1.165, 1.54) is 6.92 Å². The molecule has 1 amide bonds. The summed E-state index contributed by atoms with van der Waals surface area (Å²) in [5, 5.41) is 2.58. The molecule has 0 heterocycles. The zero-order chi connectivity index (χ0) is 24.1. The molecule has 1 atom stereocenters. The van der Waals surface area contributed by atoms with Gasteiger partial charge < -0.3 is 30.3 Å². The van der Waals surface area contributed by atoms with Crippen LogP contribution in [-0.2, 0) is 13.9 Å². The Hall–Kier alpha value is -3.20. The van der Waals surface area contributed by atoms with E-state index in [9.17, 15) is 9.36 Å². The molecular formula is C23H25N2O7P. The van der Waals surface area contributed by atoms with E-state index in [-0.39, 0.29) is 0 Å². The lowest BCUT2D eigenvalue weighted by Crippen LogP contribution is -2.52. The molecule has 3 aromatic rings. The number of rotatable bonds is 9. The number of nitrogens with one attached hydrogen (secondary N) is 1. The minimum Gasteiger partial charge on any atom is -0.497 e. The summed E-state index contributed by atoms with van der Waals surface area (Å²) in [6, 6.07) is 22.0. The van der Waals surface area contributed by atoms with Gasteiger partial charge in [-0.2, -0.15) is 0 Å². The molecule has 0 aliphatic rings. The highest BCUT2D eigenvalue weighted by molar-refractivity contribution is 7.46. The van der Waals surface area contributed by atoms with Crippen LogP contribution in [0.2, 0.25) is 0 Å². The quantitative estimate of drug-likeness (QED) is 0.344. The molecule has 10 heteroatoms. The number of hydrogen-bond acceptors (Lipinski definition) is 6. The SMILES string of the molecule is COc1ccc(-c2ccc(Oc3ccc(NC(=O)[C@@](C)(N)COP(=O)(O)O)cc3)cc2)cc1. The van der Waals surface area contributed by atoms with Crippen LogP contribution < -0.4 is 20.5 Å². The largest absolute Gasteiger partial charge is 0.497 e. The first-order valence-corrected chi connectivity index (χ1v) is 11.4. The number of benzene rings is 3. The van der Waals surface area contributed by atoms with Gasteiger partial charge in [0.15, 0.2) is 0 Å². The monoisotopic (exact) mass is 472 g/mol. The molecule has 5 N–H and O–H groups in total. The van der Waals surface area contributed by atoms with Crippen molar-refractivity contribution in [3.05, 3.63) is 72.8 Å². The van der Waals surface area contributed by atoms with Gasteiger partial charge in [0.1, 0.15) is 22.8 Å². The molecule has 0 saturated heterocycles. The van der Waals surface area contributed by atoms with Crippen LogP contribution in [-0.4, -0.2) is 34.9 Å². The Morgan fingerprint density at radius 2 is 1.36 bits per heavy atom. The van der Waals surface area contributed by atoms with E-state index < -0.39 is 25.9 Å². The summed E-state index contributed by atoms with van der Waals surface area (Å²) in [5.41, 5.74) is 6.70. The lowest BCUT2D eigenvalue weighted by atomic mass is 10.0. The fraction of sp³-hybridized carbons (Fsp3) is 0.174. The number of anilines is 1. The minimum atomic E-state index is -4.73. The summed E-state index contributed by atoms with van der Waals surface area (Å²) >= 11 is 0. The van der Waals surface area contributed by atoms with Gasteiger partial charge in [0, 0.05) is 5.69 Å². The first-order valence-electron chi connectivity index (χ1n) is 9.88. The van der Waals surface area contributed by atoms with Gasteiger partial charge in [-0.3, -0.25) is 9.32 Å². The molecule has 33 heavy (non-hydrogen) atoms. The maximum absolute atomic E-state index is 12.3. The summed E-state index contributed by atoms with van der Waals surface area (Å²) < 4.78 is 26.2. The van der Waals surface area contributed by atoms with Crippen LogP contribution in [0.4, 0.5) is 5.69 Å². The summed E-state index contributed by atoms with van der Waals surface area (Å²) in [7, 11) is -3.10. The van der Waals surface area contributed by atoms with Gasteiger partial charge in [-0.1, -0.05) is 24.3 Å². The van der Waals surface area contributed by atoms with Crippen molar-refractivity contribution in [2.24, 2.45) is 5.73 Å². The average Bonchev–Trinajstić information content (AvgIpc) is 2.79.